The lowest BCUT2D eigenvalue weighted by Crippen LogP contribution is -2.07. The molecular weight excluding hydrogens is 332 g/mol. The zero-order valence-corrected chi connectivity index (χ0v) is 12.5. The molecule has 0 saturated heterocycles. The number of rotatable bonds is 3. The van der Waals surface area contributed by atoms with E-state index in [9.17, 15) is 4.79 Å². The average Bonchev–Trinajstić information content (AvgIpc) is 3.04. The van der Waals surface area contributed by atoms with Gasteiger partial charge in [-0.3, -0.25) is 0 Å². The molecule has 4 heteroatoms. The SMILES string of the molecule is O=C(Oc1ccc(-c2ccccc2)cc1Br)c1ccco1. The predicted octanol–water partition coefficient (Wildman–Crippen LogP) is 4.93. The Labute approximate surface area is 130 Å². The van der Waals surface area contributed by atoms with Crippen molar-refractivity contribution in [1.29, 1.82) is 0 Å². The Kier molecular flexibility index (Phi) is 3.88. The van der Waals surface area contributed by atoms with Gasteiger partial charge in [-0.25, -0.2) is 4.79 Å². The lowest BCUT2D eigenvalue weighted by Gasteiger charge is -2.07. The molecule has 21 heavy (non-hydrogen) atoms. The molecule has 104 valence electrons. The van der Waals surface area contributed by atoms with E-state index in [1.807, 2.05) is 42.5 Å². The van der Waals surface area contributed by atoms with E-state index < -0.39 is 5.97 Å². The lowest BCUT2D eigenvalue weighted by atomic mass is 10.1. The van der Waals surface area contributed by atoms with Crippen LogP contribution in [-0.4, -0.2) is 5.97 Å². The second-order valence-electron chi connectivity index (χ2n) is 4.38. The van der Waals surface area contributed by atoms with E-state index >= 15 is 0 Å². The number of furan rings is 1. The molecule has 0 unspecified atom stereocenters. The fourth-order valence-corrected chi connectivity index (χ4v) is 2.40. The summed E-state index contributed by atoms with van der Waals surface area (Å²) in [6, 6.07) is 18.8. The molecule has 2 aromatic carbocycles. The van der Waals surface area contributed by atoms with Crippen molar-refractivity contribution in [2.45, 2.75) is 0 Å². The van der Waals surface area contributed by atoms with Crippen LogP contribution in [0, 0.1) is 0 Å². The number of halogens is 1. The molecule has 0 radical (unpaired) electrons. The van der Waals surface area contributed by atoms with E-state index in [-0.39, 0.29) is 5.76 Å². The summed E-state index contributed by atoms with van der Waals surface area (Å²) in [6.07, 6.45) is 1.43. The fourth-order valence-electron chi connectivity index (χ4n) is 1.94. The van der Waals surface area contributed by atoms with Gasteiger partial charge >= 0.3 is 5.97 Å². The van der Waals surface area contributed by atoms with Crippen LogP contribution in [0.1, 0.15) is 10.6 Å². The number of carbonyl (C=O) groups is 1. The first-order valence-corrected chi connectivity index (χ1v) is 7.14. The number of benzene rings is 2. The van der Waals surface area contributed by atoms with Gasteiger partial charge in [0, 0.05) is 0 Å². The first-order valence-electron chi connectivity index (χ1n) is 6.35. The standard InChI is InChI=1S/C17H11BrO3/c18-14-11-13(12-5-2-1-3-6-12)8-9-15(14)21-17(19)16-7-4-10-20-16/h1-11H. The van der Waals surface area contributed by atoms with Crippen LogP contribution in [0.4, 0.5) is 0 Å². The molecule has 0 aliphatic rings. The lowest BCUT2D eigenvalue weighted by molar-refractivity contribution is 0.0700. The van der Waals surface area contributed by atoms with E-state index in [2.05, 4.69) is 15.9 Å². The third-order valence-electron chi connectivity index (χ3n) is 2.96. The van der Waals surface area contributed by atoms with Crippen molar-refractivity contribution < 1.29 is 13.9 Å². The summed E-state index contributed by atoms with van der Waals surface area (Å²) in [5.41, 5.74) is 2.14. The number of hydrogen-bond donors (Lipinski definition) is 0. The van der Waals surface area contributed by atoms with E-state index in [0.29, 0.717) is 10.2 Å². The van der Waals surface area contributed by atoms with Gasteiger partial charge in [0.1, 0.15) is 5.75 Å². The minimum atomic E-state index is -0.520. The molecule has 0 amide bonds. The van der Waals surface area contributed by atoms with Crippen molar-refractivity contribution in [1.82, 2.24) is 0 Å². The van der Waals surface area contributed by atoms with Crippen LogP contribution in [0.25, 0.3) is 11.1 Å². The summed E-state index contributed by atoms with van der Waals surface area (Å²) in [4.78, 5) is 11.8. The molecule has 3 nitrogen and oxygen atoms in total. The van der Waals surface area contributed by atoms with Gasteiger partial charge in [-0.1, -0.05) is 36.4 Å². The van der Waals surface area contributed by atoms with E-state index in [1.165, 1.54) is 6.26 Å². The smallest absolute Gasteiger partial charge is 0.379 e. The molecule has 3 aromatic rings. The third kappa shape index (κ3) is 3.06. The summed E-state index contributed by atoms with van der Waals surface area (Å²) in [5.74, 6) is 0.110. The molecule has 1 aromatic heterocycles. The first kappa shape index (κ1) is 13.6. The highest BCUT2D eigenvalue weighted by atomic mass is 79.9. The summed E-state index contributed by atoms with van der Waals surface area (Å²) in [5, 5.41) is 0. The maximum absolute atomic E-state index is 11.8. The summed E-state index contributed by atoms with van der Waals surface area (Å²) in [6.45, 7) is 0. The highest BCUT2D eigenvalue weighted by molar-refractivity contribution is 9.10. The van der Waals surface area contributed by atoms with Crippen LogP contribution in [0.2, 0.25) is 0 Å². The Morgan fingerprint density at radius 2 is 1.76 bits per heavy atom. The van der Waals surface area contributed by atoms with Crippen molar-refractivity contribution in [3.05, 3.63) is 77.2 Å². The van der Waals surface area contributed by atoms with Crippen molar-refractivity contribution in [3.63, 3.8) is 0 Å². The molecule has 0 N–H and O–H groups in total. The van der Waals surface area contributed by atoms with Crippen LogP contribution >= 0.6 is 15.9 Å². The van der Waals surface area contributed by atoms with Crippen molar-refractivity contribution in [2.24, 2.45) is 0 Å². The average molecular weight is 343 g/mol. The molecule has 0 saturated carbocycles. The quantitative estimate of drug-likeness (QED) is 0.500. The normalized spacial score (nSPS) is 10.3. The Bertz CT molecular complexity index is 749. The van der Waals surface area contributed by atoms with Gasteiger partial charge in [-0.15, -0.1) is 0 Å². The second-order valence-corrected chi connectivity index (χ2v) is 5.23. The monoisotopic (exact) mass is 342 g/mol. The Balaban J connectivity index is 1.84. The molecule has 0 spiro atoms. The van der Waals surface area contributed by atoms with Gasteiger partial charge in [0.2, 0.25) is 5.76 Å². The van der Waals surface area contributed by atoms with Crippen LogP contribution in [0.15, 0.2) is 75.8 Å². The first-order chi connectivity index (χ1) is 10.2. The van der Waals surface area contributed by atoms with Crippen molar-refractivity contribution in [2.75, 3.05) is 0 Å². The maximum atomic E-state index is 11.8. The topological polar surface area (TPSA) is 39.4 Å². The number of carbonyl (C=O) groups excluding carboxylic acids is 1. The van der Waals surface area contributed by atoms with E-state index in [1.54, 1.807) is 18.2 Å². The van der Waals surface area contributed by atoms with E-state index in [0.717, 1.165) is 11.1 Å². The zero-order valence-electron chi connectivity index (χ0n) is 11.0. The molecule has 1 heterocycles. The van der Waals surface area contributed by atoms with Crippen molar-refractivity contribution >= 4 is 21.9 Å². The number of ether oxygens (including phenoxy) is 1. The van der Waals surface area contributed by atoms with E-state index in [4.69, 9.17) is 9.15 Å². The van der Waals surface area contributed by atoms with Gasteiger partial charge in [0.05, 0.1) is 10.7 Å². The Morgan fingerprint density at radius 3 is 2.43 bits per heavy atom. The van der Waals surface area contributed by atoms with Gasteiger partial charge in [-0.05, 0) is 51.3 Å². The van der Waals surface area contributed by atoms with Gasteiger partial charge in [0.15, 0.2) is 0 Å². The second kappa shape index (κ2) is 5.97. The van der Waals surface area contributed by atoms with Crippen LogP contribution in [0.5, 0.6) is 5.75 Å². The number of hydrogen-bond acceptors (Lipinski definition) is 3. The third-order valence-corrected chi connectivity index (χ3v) is 3.58. The maximum Gasteiger partial charge on any atom is 0.379 e. The van der Waals surface area contributed by atoms with Crippen molar-refractivity contribution in [3.8, 4) is 16.9 Å². The molecule has 3 rings (SSSR count). The predicted molar refractivity (Wildman–Crippen MR) is 83.2 cm³/mol. The summed E-state index contributed by atoms with van der Waals surface area (Å²) in [7, 11) is 0. The highest BCUT2D eigenvalue weighted by Crippen LogP contribution is 2.31. The van der Waals surface area contributed by atoms with Crippen LogP contribution in [-0.2, 0) is 0 Å². The van der Waals surface area contributed by atoms with Gasteiger partial charge in [0.25, 0.3) is 0 Å². The molecule has 0 aliphatic carbocycles. The highest BCUT2D eigenvalue weighted by Gasteiger charge is 2.13. The molecular formula is C17H11BrO3. The fraction of sp³-hybridized carbons (Fsp3) is 0. The molecule has 0 aliphatic heterocycles. The summed E-state index contributed by atoms with van der Waals surface area (Å²) >= 11 is 3.43. The number of esters is 1. The Morgan fingerprint density at radius 1 is 0.952 bits per heavy atom. The van der Waals surface area contributed by atoms with Gasteiger partial charge < -0.3 is 9.15 Å². The largest absolute Gasteiger partial charge is 0.457 e. The van der Waals surface area contributed by atoms with Gasteiger partial charge in [-0.2, -0.15) is 0 Å². The van der Waals surface area contributed by atoms with Crippen LogP contribution in [0.3, 0.4) is 0 Å². The zero-order chi connectivity index (χ0) is 14.7. The minimum absolute atomic E-state index is 0.175. The molecule has 0 fully saturated rings. The minimum Gasteiger partial charge on any atom is -0.457 e. The van der Waals surface area contributed by atoms with Crippen LogP contribution < -0.4 is 4.74 Å². The molecule has 0 atom stereocenters. The molecule has 0 bridgehead atoms. The Hall–Kier alpha value is -2.33. The summed E-state index contributed by atoms with van der Waals surface area (Å²) < 4.78 is 11.0.